The van der Waals surface area contributed by atoms with E-state index in [-0.39, 0.29) is 6.10 Å². The zero-order valence-corrected chi connectivity index (χ0v) is 11.4. The smallest absolute Gasteiger partial charge is 0.122 e. The predicted molar refractivity (Wildman–Crippen MR) is 68.7 cm³/mol. The third kappa shape index (κ3) is 4.20. The van der Waals surface area contributed by atoms with Gasteiger partial charge in [0.05, 0.1) is 5.69 Å². The van der Waals surface area contributed by atoms with Crippen molar-refractivity contribution < 1.29 is 4.74 Å². The van der Waals surface area contributed by atoms with Gasteiger partial charge in [0.1, 0.15) is 11.1 Å². The molecule has 1 aromatic heterocycles. The van der Waals surface area contributed by atoms with E-state index in [9.17, 15) is 0 Å². The van der Waals surface area contributed by atoms with Crippen LogP contribution in [-0.2, 0) is 11.3 Å². The zero-order valence-electron chi connectivity index (χ0n) is 10.6. The van der Waals surface area contributed by atoms with E-state index < -0.39 is 0 Å². The van der Waals surface area contributed by atoms with Crippen LogP contribution in [0.15, 0.2) is 5.38 Å². The second-order valence-corrected chi connectivity index (χ2v) is 4.95. The molecular formula is C12H22N2OS. The van der Waals surface area contributed by atoms with Crippen molar-refractivity contribution in [2.24, 2.45) is 0 Å². The lowest BCUT2D eigenvalue weighted by atomic mass is 10.3. The Balaban J connectivity index is 2.55. The van der Waals surface area contributed by atoms with Crippen molar-refractivity contribution in [3.05, 3.63) is 16.1 Å². The first-order valence-corrected chi connectivity index (χ1v) is 6.84. The van der Waals surface area contributed by atoms with Crippen LogP contribution in [0.2, 0.25) is 0 Å². The summed E-state index contributed by atoms with van der Waals surface area (Å²) < 4.78 is 5.64. The van der Waals surface area contributed by atoms with E-state index >= 15 is 0 Å². The summed E-state index contributed by atoms with van der Waals surface area (Å²) in [6.45, 7) is 10.0. The quantitative estimate of drug-likeness (QED) is 0.797. The summed E-state index contributed by atoms with van der Waals surface area (Å²) in [4.78, 5) is 4.60. The zero-order chi connectivity index (χ0) is 12.0. The highest BCUT2D eigenvalue weighted by Gasteiger charge is 2.13. The maximum atomic E-state index is 5.64. The lowest BCUT2D eigenvalue weighted by molar-refractivity contribution is 0.0595. The Morgan fingerprint density at radius 2 is 2.19 bits per heavy atom. The predicted octanol–water partition coefficient (Wildman–Crippen LogP) is 3.13. The van der Waals surface area contributed by atoms with Crippen LogP contribution in [0.25, 0.3) is 0 Å². The van der Waals surface area contributed by atoms with Gasteiger partial charge in [-0.3, -0.25) is 0 Å². The molecule has 0 bridgehead atoms. The van der Waals surface area contributed by atoms with Crippen molar-refractivity contribution in [1.29, 1.82) is 0 Å². The molecule has 1 rings (SSSR count). The number of rotatable bonds is 7. The SMILES string of the molecule is CCOC(CC)c1nc(CNC(C)C)cs1. The van der Waals surface area contributed by atoms with Crippen LogP contribution in [0.4, 0.5) is 0 Å². The summed E-state index contributed by atoms with van der Waals surface area (Å²) in [6, 6.07) is 0.499. The standard InChI is InChI=1S/C12H22N2OS/c1-5-11(15-6-2)12-14-10(8-16-12)7-13-9(3)4/h8-9,11,13H,5-7H2,1-4H3. The molecule has 16 heavy (non-hydrogen) atoms. The summed E-state index contributed by atoms with van der Waals surface area (Å²) in [5.74, 6) is 0. The van der Waals surface area contributed by atoms with Crippen LogP contribution in [0.3, 0.4) is 0 Å². The lowest BCUT2D eigenvalue weighted by Crippen LogP contribution is -2.22. The molecule has 1 N–H and O–H groups in total. The van der Waals surface area contributed by atoms with E-state index in [0.717, 1.165) is 30.3 Å². The van der Waals surface area contributed by atoms with Gasteiger partial charge in [0.25, 0.3) is 0 Å². The van der Waals surface area contributed by atoms with Crippen LogP contribution in [0.1, 0.15) is 50.9 Å². The molecule has 0 radical (unpaired) electrons. The highest BCUT2D eigenvalue weighted by atomic mass is 32.1. The fourth-order valence-corrected chi connectivity index (χ4v) is 2.37. The summed E-state index contributed by atoms with van der Waals surface area (Å²) in [5.41, 5.74) is 1.12. The fourth-order valence-electron chi connectivity index (χ4n) is 1.43. The van der Waals surface area contributed by atoms with Crippen LogP contribution in [0, 0.1) is 0 Å². The Morgan fingerprint density at radius 1 is 1.44 bits per heavy atom. The second kappa shape index (κ2) is 6.99. The summed E-state index contributed by atoms with van der Waals surface area (Å²) in [7, 11) is 0. The first-order chi connectivity index (χ1) is 7.67. The molecular weight excluding hydrogens is 220 g/mol. The number of nitrogens with zero attached hydrogens (tertiary/aromatic N) is 1. The number of ether oxygens (including phenoxy) is 1. The molecule has 0 spiro atoms. The number of nitrogens with one attached hydrogen (secondary N) is 1. The Morgan fingerprint density at radius 3 is 2.75 bits per heavy atom. The third-order valence-corrected chi connectivity index (χ3v) is 3.26. The molecule has 0 aliphatic carbocycles. The van der Waals surface area contributed by atoms with E-state index in [1.165, 1.54) is 0 Å². The number of aromatic nitrogens is 1. The van der Waals surface area contributed by atoms with Gasteiger partial charge in [-0.15, -0.1) is 11.3 Å². The number of hydrogen-bond donors (Lipinski definition) is 1. The molecule has 0 saturated carbocycles. The van der Waals surface area contributed by atoms with Gasteiger partial charge in [-0.1, -0.05) is 20.8 Å². The van der Waals surface area contributed by atoms with Crippen molar-refractivity contribution in [1.82, 2.24) is 10.3 Å². The Hall–Kier alpha value is -0.450. The minimum absolute atomic E-state index is 0.169. The van der Waals surface area contributed by atoms with Crippen molar-refractivity contribution >= 4 is 11.3 Å². The van der Waals surface area contributed by atoms with Crippen molar-refractivity contribution in [3.8, 4) is 0 Å². The highest BCUT2D eigenvalue weighted by molar-refractivity contribution is 7.09. The Bertz CT molecular complexity index is 299. The minimum Gasteiger partial charge on any atom is -0.371 e. The largest absolute Gasteiger partial charge is 0.371 e. The van der Waals surface area contributed by atoms with E-state index in [4.69, 9.17) is 4.74 Å². The Kier molecular flexibility index (Phi) is 5.95. The van der Waals surface area contributed by atoms with Gasteiger partial charge >= 0.3 is 0 Å². The Labute approximate surface area is 102 Å². The topological polar surface area (TPSA) is 34.1 Å². The van der Waals surface area contributed by atoms with E-state index in [0.29, 0.717) is 6.04 Å². The average Bonchev–Trinajstić information content (AvgIpc) is 2.71. The van der Waals surface area contributed by atoms with Gasteiger partial charge in [-0.25, -0.2) is 4.98 Å². The average molecular weight is 242 g/mol. The van der Waals surface area contributed by atoms with Crippen molar-refractivity contribution in [3.63, 3.8) is 0 Å². The van der Waals surface area contributed by atoms with E-state index in [1.54, 1.807) is 11.3 Å². The molecule has 0 saturated heterocycles. The molecule has 1 aromatic rings. The molecule has 0 amide bonds. The molecule has 1 atom stereocenters. The third-order valence-electron chi connectivity index (χ3n) is 2.28. The normalized spacial score (nSPS) is 13.3. The molecule has 4 heteroatoms. The van der Waals surface area contributed by atoms with E-state index in [1.807, 2.05) is 6.92 Å². The molecule has 1 unspecified atom stereocenters. The molecule has 0 fully saturated rings. The summed E-state index contributed by atoms with van der Waals surface area (Å²) >= 11 is 1.70. The fraction of sp³-hybridized carbons (Fsp3) is 0.750. The van der Waals surface area contributed by atoms with Crippen molar-refractivity contribution in [2.75, 3.05) is 6.61 Å². The van der Waals surface area contributed by atoms with Gasteiger partial charge in [-0.05, 0) is 13.3 Å². The first kappa shape index (κ1) is 13.6. The molecule has 0 aliphatic heterocycles. The van der Waals surface area contributed by atoms with Gasteiger partial charge in [0.15, 0.2) is 0 Å². The van der Waals surface area contributed by atoms with Gasteiger partial charge in [0, 0.05) is 24.6 Å². The lowest BCUT2D eigenvalue weighted by Gasteiger charge is -2.11. The van der Waals surface area contributed by atoms with E-state index in [2.05, 4.69) is 36.5 Å². The summed E-state index contributed by atoms with van der Waals surface area (Å²) in [5, 5.41) is 6.59. The molecule has 3 nitrogen and oxygen atoms in total. The van der Waals surface area contributed by atoms with Gasteiger partial charge in [0.2, 0.25) is 0 Å². The minimum atomic E-state index is 0.169. The maximum absolute atomic E-state index is 5.64. The van der Waals surface area contributed by atoms with Crippen LogP contribution in [-0.4, -0.2) is 17.6 Å². The van der Waals surface area contributed by atoms with Gasteiger partial charge in [-0.2, -0.15) is 0 Å². The maximum Gasteiger partial charge on any atom is 0.122 e. The molecule has 1 heterocycles. The monoisotopic (exact) mass is 242 g/mol. The van der Waals surface area contributed by atoms with Crippen LogP contribution >= 0.6 is 11.3 Å². The van der Waals surface area contributed by atoms with Gasteiger partial charge < -0.3 is 10.1 Å². The van der Waals surface area contributed by atoms with Crippen LogP contribution < -0.4 is 5.32 Å². The highest BCUT2D eigenvalue weighted by Crippen LogP contribution is 2.24. The molecule has 0 aliphatic rings. The summed E-state index contributed by atoms with van der Waals surface area (Å²) in [6.07, 6.45) is 1.15. The first-order valence-electron chi connectivity index (χ1n) is 5.96. The second-order valence-electron chi connectivity index (χ2n) is 4.06. The van der Waals surface area contributed by atoms with Crippen molar-refractivity contribution in [2.45, 2.75) is 52.8 Å². The molecule has 0 aromatic carbocycles. The molecule has 92 valence electrons. The van der Waals surface area contributed by atoms with Crippen LogP contribution in [0.5, 0.6) is 0 Å². The number of thiazole rings is 1. The number of hydrogen-bond acceptors (Lipinski definition) is 4.